The van der Waals surface area contributed by atoms with E-state index in [1.807, 2.05) is 47.9 Å². The van der Waals surface area contributed by atoms with Gasteiger partial charge < -0.3 is 5.32 Å². The van der Waals surface area contributed by atoms with E-state index in [2.05, 4.69) is 15.3 Å². The lowest BCUT2D eigenvalue weighted by atomic mass is 10.2. The first-order valence-electron chi connectivity index (χ1n) is 7.44. The molecule has 3 aromatic rings. The van der Waals surface area contributed by atoms with Gasteiger partial charge in [-0.15, -0.1) is 0 Å². The van der Waals surface area contributed by atoms with Crippen molar-refractivity contribution in [1.29, 1.82) is 0 Å². The van der Waals surface area contributed by atoms with E-state index < -0.39 is 0 Å². The fraction of sp³-hybridized carbons (Fsp3) is 0.235. The first-order chi connectivity index (χ1) is 10.7. The summed E-state index contributed by atoms with van der Waals surface area (Å²) >= 11 is 0. The van der Waals surface area contributed by atoms with Crippen LogP contribution in [0.3, 0.4) is 0 Å². The molecule has 1 aliphatic rings. The summed E-state index contributed by atoms with van der Waals surface area (Å²) in [4.78, 5) is 21.4. The molecular formula is C17H16N4O. The smallest absolute Gasteiger partial charge is 0.287 e. The van der Waals surface area contributed by atoms with Crippen molar-refractivity contribution >= 4 is 17.1 Å². The largest absolute Gasteiger partial charge is 0.347 e. The lowest BCUT2D eigenvalue weighted by Gasteiger charge is -2.09. The SMILES string of the molecule is Cc1ccc(-n2c(C(=O)NC3CC3)nc3cccnc32)cc1. The molecule has 1 fully saturated rings. The normalized spacial score (nSPS) is 14.2. The summed E-state index contributed by atoms with van der Waals surface area (Å²) in [6.45, 7) is 2.04. The molecule has 0 atom stereocenters. The van der Waals surface area contributed by atoms with Crippen LogP contribution in [0.1, 0.15) is 29.0 Å². The highest BCUT2D eigenvalue weighted by Crippen LogP contribution is 2.23. The molecule has 1 amide bonds. The number of hydrogen-bond donors (Lipinski definition) is 1. The summed E-state index contributed by atoms with van der Waals surface area (Å²) in [7, 11) is 0. The second kappa shape index (κ2) is 4.94. The predicted octanol–water partition coefficient (Wildman–Crippen LogP) is 2.62. The molecule has 2 aromatic heterocycles. The topological polar surface area (TPSA) is 59.8 Å². The van der Waals surface area contributed by atoms with Crippen LogP contribution in [0.15, 0.2) is 42.6 Å². The Labute approximate surface area is 128 Å². The summed E-state index contributed by atoms with van der Waals surface area (Å²) in [6, 6.07) is 12.0. The molecule has 0 spiro atoms. The zero-order chi connectivity index (χ0) is 15.1. The monoisotopic (exact) mass is 292 g/mol. The molecule has 2 heterocycles. The van der Waals surface area contributed by atoms with Gasteiger partial charge in [-0.1, -0.05) is 17.7 Å². The van der Waals surface area contributed by atoms with Gasteiger partial charge in [0.2, 0.25) is 5.82 Å². The van der Waals surface area contributed by atoms with Gasteiger partial charge in [0, 0.05) is 17.9 Å². The average Bonchev–Trinajstić information content (AvgIpc) is 3.25. The number of rotatable bonds is 3. The molecule has 22 heavy (non-hydrogen) atoms. The molecule has 110 valence electrons. The van der Waals surface area contributed by atoms with Crippen LogP contribution in [0.5, 0.6) is 0 Å². The van der Waals surface area contributed by atoms with Crippen molar-refractivity contribution in [3.05, 3.63) is 54.0 Å². The van der Waals surface area contributed by atoms with Crippen molar-refractivity contribution in [2.24, 2.45) is 0 Å². The van der Waals surface area contributed by atoms with Gasteiger partial charge >= 0.3 is 0 Å². The number of imidazole rings is 1. The Bertz CT molecular complexity index is 847. The van der Waals surface area contributed by atoms with Crippen molar-refractivity contribution in [2.45, 2.75) is 25.8 Å². The molecule has 1 aromatic carbocycles. The van der Waals surface area contributed by atoms with E-state index in [-0.39, 0.29) is 5.91 Å². The van der Waals surface area contributed by atoms with E-state index in [1.54, 1.807) is 6.20 Å². The van der Waals surface area contributed by atoms with Crippen molar-refractivity contribution in [3.8, 4) is 5.69 Å². The van der Waals surface area contributed by atoms with E-state index in [0.29, 0.717) is 17.5 Å². The van der Waals surface area contributed by atoms with E-state index in [0.717, 1.165) is 24.0 Å². The second-order valence-electron chi connectivity index (χ2n) is 5.70. The number of aryl methyl sites for hydroxylation is 1. The minimum absolute atomic E-state index is 0.138. The Morgan fingerprint density at radius 3 is 2.73 bits per heavy atom. The van der Waals surface area contributed by atoms with Gasteiger partial charge in [-0.3, -0.25) is 9.36 Å². The fourth-order valence-corrected chi connectivity index (χ4v) is 2.48. The zero-order valence-electron chi connectivity index (χ0n) is 12.3. The van der Waals surface area contributed by atoms with Crippen molar-refractivity contribution in [3.63, 3.8) is 0 Å². The first-order valence-corrected chi connectivity index (χ1v) is 7.44. The number of benzene rings is 1. The second-order valence-corrected chi connectivity index (χ2v) is 5.70. The van der Waals surface area contributed by atoms with Gasteiger partial charge in [0.15, 0.2) is 5.65 Å². The Morgan fingerprint density at radius 1 is 1.23 bits per heavy atom. The summed E-state index contributed by atoms with van der Waals surface area (Å²) in [5.74, 6) is 0.255. The number of fused-ring (bicyclic) bond motifs is 1. The van der Waals surface area contributed by atoms with E-state index >= 15 is 0 Å². The maximum atomic E-state index is 12.5. The molecule has 1 N–H and O–H groups in total. The number of hydrogen-bond acceptors (Lipinski definition) is 3. The van der Waals surface area contributed by atoms with Gasteiger partial charge in [0.05, 0.1) is 0 Å². The molecule has 0 radical (unpaired) electrons. The number of aromatic nitrogens is 3. The van der Waals surface area contributed by atoms with Crippen LogP contribution < -0.4 is 5.32 Å². The summed E-state index contributed by atoms with van der Waals surface area (Å²) in [5.41, 5.74) is 3.49. The molecular weight excluding hydrogens is 276 g/mol. The Morgan fingerprint density at radius 2 is 2.00 bits per heavy atom. The van der Waals surface area contributed by atoms with Crippen LogP contribution in [0.2, 0.25) is 0 Å². The molecule has 0 bridgehead atoms. The highest BCUT2D eigenvalue weighted by Gasteiger charge is 2.27. The average molecular weight is 292 g/mol. The molecule has 0 saturated heterocycles. The van der Waals surface area contributed by atoms with E-state index in [4.69, 9.17) is 0 Å². The number of carbonyl (C=O) groups is 1. The lowest BCUT2D eigenvalue weighted by Crippen LogP contribution is -2.28. The minimum Gasteiger partial charge on any atom is -0.347 e. The van der Waals surface area contributed by atoms with E-state index in [1.165, 1.54) is 5.56 Å². The minimum atomic E-state index is -0.138. The number of pyridine rings is 1. The number of nitrogens with one attached hydrogen (secondary N) is 1. The standard InChI is InChI=1S/C17H16N4O/c1-11-4-8-13(9-5-11)21-15-14(3-2-10-18-15)20-16(21)17(22)19-12-6-7-12/h2-5,8-10,12H,6-7H2,1H3,(H,19,22). The van der Waals surface area contributed by atoms with Crippen molar-refractivity contribution < 1.29 is 4.79 Å². The van der Waals surface area contributed by atoms with Crippen LogP contribution in [0.4, 0.5) is 0 Å². The fourth-order valence-electron chi connectivity index (χ4n) is 2.48. The quantitative estimate of drug-likeness (QED) is 0.807. The van der Waals surface area contributed by atoms with Crippen LogP contribution in [-0.4, -0.2) is 26.5 Å². The van der Waals surface area contributed by atoms with Gasteiger partial charge in [0.1, 0.15) is 5.52 Å². The van der Waals surface area contributed by atoms with Gasteiger partial charge in [-0.2, -0.15) is 0 Å². The Balaban J connectivity index is 1.89. The molecule has 0 aliphatic heterocycles. The third-order valence-corrected chi connectivity index (χ3v) is 3.82. The maximum Gasteiger partial charge on any atom is 0.287 e. The van der Waals surface area contributed by atoms with Gasteiger partial charge in [0.25, 0.3) is 5.91 Å². The summed E-state index contributed by atoms with van der Waals surface area (Å²) in [5, 5.41) is 3.00. The van der Waals surface area contributed by atoms with Crippen LogP contribution in [0.25, 0.3) is 16.9 Å². The predicted molar refractivity (Wildman–Crippen MR) is 84.1 cm³/mol. The number of nitrogens with zero attached hydrogens (tertiary/aromatic N) is 3. The van der Waals surface area contributed by atoms with Crippen LogP contribution in [0, 0.1) is 6.92 Å². The third-order valence-electron chi connectivity index (χ3n) is 3.82. The molecule has 1 aliphatic carbocycles. The van der Waals surface area contributed by atoms with Gasteiger partial charge in [-0.25, -0.2) is 9.97 Å². The van der Waals surface area contributed by atoms with Crippen molar-refractivity contribution in [1.82, 2.24) is 19.9 Å². The maximum absolute atomic E-state index is 12.5. The molecule has 5 nitrogen and oxygen atoms in total. The lowest BCUT2D eigenvalue weighted by molar-refractivity contribution is 0.0939. The zero-order valence-corrected chi connectivity index (χ0v) is 12.3. The van der Waals surface area contributed by atoms with Crippen molar-refractivity contribution in [2.75, 3.05) is 0 Å². The van der Waals surface area contributed by atoms with Crippen LogP contribution in [-0.2, 0) is 0 Å². The Kier molecular flexibility index (Phi) is 2.92. The highest BCUT2D eigenvalue weighted by atomic mass is 16.2. The molecule has 1 saturated carbocycles. The molecule has 0 unspecified atom stereocenters. The Hall–Kier alpha value is -2.69. The van der Waals surface area contributed by atoms with E-state index in [9.17, 15) is 4.79 Å². The highest BCUT2D eigenvalue weighted by molar-refractivity contribution is 5.95. The third kappa shape index (κ3) is 2.24. The number of amides is 1. The first kappa shape index (κ1) is 13.0. The summed E-state index contributed by atoms with van der Waals surface area (Å²) < 4.78 is 1.83. The summed E-state index contributed by atoms with van der Waals surface area (Å²) in [6.07, 6.45) is 3.82. The molecule has 4 rings (SSSR count). The van der Waals surface area contributed by atoms with Gasteiger partial charge in [-0.05, 0) is 44.0 Å². The molecule has 5 heteroatoms. The van der Waals surface area contributed by atoms with Crippen LogP contribution >= 0.6 is 0 Å². The number of carbonyl (C=O) groups excluding carboxylic acids is 1.